The van der Waals surface area contributed by atoms with Crippen LogP contribution in [0, 0.1) is 5.41 Å². The minimum Gasteiger partial charge on any atom is -0.337 e. The van der Waals surface area contributed by atoms with E-state index in [2.05, 4.69) is 5.32 Å². The highest BCUT2D eigenvalue weighted by Crippen LogP contribution is 2.22. The van der Waals surface area contributed by atoms with Crippen molar-refractivity contribution in [3.63, 3.8) is 0 Å². The summed E-state index contributed by atoms with van der Waals surface area (Å²) in [6, 6.07) is 7.69. The summed E-state index contributed by atoms with van der Waals surface area (Å²) < 4.78 is 0. The van der Waals surface area contributed by atoms with Crippen molar-refractivity contribution in [2.75, 3.05) is 19.6 Å². The third-order valence-electron chi connectivity index (χ3n) is 3.25. The van der Waals surface area contributed by atoms with Gasteiger partial charge in [-0.3, -0.25) is 4.79 Å². The standard InChI is InChI=1S/C14H19ClN2O/c1-14(2)10-16-6-7-17(13(14)18)9-11-4-3-5-12(15)8-11/h3-5,8,16H,6-7,9-10H2,1-2H3. The molecule has 1 heterocycles. The number of hydrogen-bond acceptors (Lipinski definition) is 2. The Morgan fingerprint density at radius 3 is 2.94 bits per heavy atom. The van der Waals surface area contributed by atoms with Gasteiger partial charge < -0.3 is 10.2 Å². The molecule has 0 unspecified atom stereocenters. The molecule has 1 saturated heterocycles. The van der Waals surface area contributed by atoms with Crippen molar-refractivity contribution in [3.8, 4) is 0 Å². The largest absolute Gasteiger partial charge is 0.337 e. The highest BCUT2D eigenvalue weighted by atomic mass is 35.5. The van der Waals surface area contributed by atoms with E-state index in [1.807, 2.05) is 43.0 Å². The lowest BCUT2D eigenvalue weighted by Crippen LogP contribution is -2.41. The van der Waals surface area contributed by atoms with Crippen molar-refractivity contribution in [1.82, 2.24) is 10.2 Å². The Labute approximate surface area is 113 Å². The van der Waals surface area contributed by atoms with Gasteiger partial charge in [-0.2, -0.15) is 0 Å². The summed E-state index contributed by atoms with van der Waals surface area (Å²) in [5.74, 6) is 0.201. The van der Waals surface area contributed by atoms with Crippen LogP contribution in [0.2, 0.25) is 5.02 Å². The van der Waals surface area contributed by atoms with Crippen molar-refractivity contribution >= 4 is 17.5 Å². The number of benzene rings is 1. The number of nitrogens with zero attached hydrogens (tertiary/aromatic N) is 1. The zero-order valence-electron chi connectivity index (χ0n) is 10.9. The van der Waals surface area contributed by atoms with Crippen LogP contribution < -0.4 is 5.32 Å². The van der Waals surface area contributed by atoms with Crippen LogP contribution >= 0.6 is 11.6 Å². The lowest BCUT2D eigenvalue weighted by Gasteiger charge is -2.28. The average Bonchev–Trinajstić information content (AvgIpc) is 2.42. The maximum atomic E-state index is 12.4. The first-order valence-corrected chi connectivity index (χ1v) is 6.61. The molecule has 0 aromatic heterocycles. The molecule has 0 spiro atoms. The molecule has 0 aliphatic carbocycles. The van der Waals surface area contributed by atoms with Crippen LogP contribution in [0.5, 0.6) is 0 Å². The molecule has 1 aromatic rings. The van der Waals surface area contributed by atoms with E-state index >= 15 is 0 Å². The molecule has 98 valence electrons. The summed E-state index contributed by atoms with van der Waals surface area (Å²) in [4.78, 5) is 14.3. The van der Waals surface area contributed by atoms with Gasteiger partial charge in [-0.05, 0) is 31.5 Å². The highest BCUT2D eigenvalue weighted by Gasteiger charge is 2.33. The molecule has 1 amide bonds. The molecule has 1 fully saturated rings. The van der Waals surface area contributed by atoms with Gasteiger partial charge in [-0.15, -0.1) is 0 Å². The Kier molecular flexibility index (Phi) is 3.93. The Morgan fingerprint density at radius 1 is 1.44 bits per heavy atom. The first-order valence-electron chi connectivity index (χ1n) is 6.23. The summed E-state index contributed by atoms with van der Waals surface area (Å²) in [7, 11) is 0. The summed E-state index contributed by atoms with van der Waals surface area (Å²) in [5, 5.41) is 4.02. The van der Waals surface area contributed by atoms with Crippen LogP contribution in [0.3, 0.4) is 0 Å². The van der Waals surface area contributed by atoms with E-state index in [0.717, 1.165) is 25.2 Å². The molecule has 1 aliphatic heterocycles. The zero-order chi connectivity index (χ0) is 13.2. The van der Waals surface area contributed by atoms with Gasteiger partial charge in [-0.1, -0.05) is 23.7 Å². The fraction of sp³-hybridized carbons (Fsp3) is 0.500. The van der Waals surface area contributed by atoms with Crippen molar-refractivity contribution in [2.45, 2.75) is 20.4 Å². The minimum atomic E-state index is -0.338. The van der Waals surface area contributed by atoms with Gasteiger partial charge in [0.05, 0.1) is 5.41 Å². The third-order valence-corrected chi connectivity index (χ3v) is 3.49. The number of amides is 1. The molecule has 0 radical (unpaired) electrons. The van der Waals surface area contributed by atoms with Gasteiger partial charge in [0.15, 0.2) is 0 Å². The molecule has 1 N–H and O–H groups in total. The monoisotopic (exact) mass is 266 g/mol. The molecule has 2 rings (SSSR count). The number of hydrogen-bond donors (Lipinski definition) is 1. The summed E-state index contributed by atoms with van der Waals surface area (Å²) in [6.07, 6.45) is 0. The zero-order valence-corrected chi connectivity index (χ0v) is 11.6. The second kappa shape index (κ2) is 5.29. The molecule has 3 nitrogen and oxygen atoms in total. The van der Waals surface area contributed by atoms with Crippen molar-refractivity contribution in [1.29, 1.82) is 0 Å². The van der Waals surface area contributed by atoms with Crippen LogP contribution in [0.4, 0.5) is 0 Å². The second-order valence-corrected chi connectivity index (χ2v) is 5.85. The van der Waals surface area contributed by atoms with Gasteiger partial charge in [0.2, 0.25) is 5.91 Å². The fourth-order valence-corrected chi connectivity index (χ4v) is 2.44. The molecular formula is C14H19ClN2O. The van der Waals surface area contributed by atoms with Crippen molar-refractivity contribution in [3.05, 3.63) is 34.9 Å². The normalized spacial score (nSPS) is 19.7. The Bertz CT molecular complexity index is 445. The predicted molar refractivity (Wildman–Crippen MR) is 73.5 cm³/mol. The molecular weight excluding hydrogens is 248 g/mol. The van der Waals surface area contributed by atoms with Crippen LogP contribution in [0.1, 0.15) is 19.4 Å². The quantitative estimate of drug-likeness (QED) is 0.891. The van der Waals surface area contributed by atoms with Crippen LogP contribution in [-0.4, -0.2) is 30.4 Å². The predicted octanol–water partition coefficient (Wildman–Crippen LogP) is 2.30. The molecule has 1 aliphatic rings. The number of carbonyl (C=O) groups excluding carboxylic acids is 1. The molecule has 18 heavy (non-hydrogen) atoms. The van der Waals surface area contributed by atoms with E-state index in [1.165, 1.54) is 0 Å². The Balaban J connectivity index is 2.14. The maximum absolute atomic E-state index is 12.4. The second-order valence-electron chi connectivity index (χ2n) is 5.42. The van der Waals surface area contributed by atoms with Crippen LogP contribution in [-0.2, 0) is 11.3 Å². The molecule has 1 aromatic carbocycles. The SMILES string of the molecule is CC1(C)CNCCN(Cc2cccc(Cl)c2)C1=O. The van der Waals surface area contributed by atoms with Gasteiger partial charge in [-0.25, -0.2) is 0 Å². The smallest absolute Gasteiger partial charge is 0.229 e. The van der Waals surface area contributed by atoms with Crippen LogP contribution in [0.25, 0.3) is 0 Å². The first-order chi connectivity index (χ1) is 8.49. The average molecular weight is 267 g/mol. The molecule has 0 bridgehead atoms. The third kappa shape index (κ3) is 3.03. The van der Waals surface area contributed by atoms with E-state index < -0.39 is 0 Å². The molecule has 0 atom stereocenters. The highest BCUT2D eigenvalue weighted by molar-refractivity contribution is 6.30. The van der Waals surface area contributed by atoms with E-state index in [9.17, 15) is 4.79 Å². The first kappa shape index (κ1) is 13.4. The summed E-state index contributed by atoms with van der Waals surface area (Å²) in [6.45, 7) is 6.92. The van der Waals surface area contributed by atoms with Gasteiger partial charge >= 0.3 is 0 Å². The van der Waals surface area contributed by atoms with E-state index in [1.54, 1.807) is 0 Å². The van der Waals surface area contributed by atoms with E-state index in [4.69, 9.17) is 11.6 Å². The van der Waals surface area contributed by atoms with Gasteiger partial charge in [0.1, 0.15) is 0 Å². The maximum Gasteiger partial charge on any atom is 0.229 e. The Hall–Kier alpha value is -1.06. The lowest BCUT2D eigenvalue weighted by molar-refractivity contribution is -0.139. The van der Waals surface area contributed by atoms with Crippen molar-refractivity contribution in [2.24, 2.45) is 5.41 Å². The van der Waals surface area contributed by atoms with E-state index in [0.29, 0.717) is 11.6 Å². The van der Waals surface area contributed by atoms with Gasteiger partial charge in [0.25, 0.3) is 0 Å². The summed E-state index contributed by atoms with van der Waals surface area (Å²) >= 11 is 5.97. The van der Waals surface area contributed by atoms with Gasteiger partial charge in [0, 0.05) is 31.2 Å². The lowest BCUT2D eigenvalue weighted by atomic mass is 9.92. The number of carbonyl (C=O) groups is 1. The molecule has 4 heteroatoms. The Morgan fingerprint density at radius 2 is 2.22 bits per heavy atom. The van der Waals surface area contributed by atoms with Crippen molar-refractivity contribution < 1.29 is 4.79 Å². The molecule has 0 saturated carbocycles. The van der Waals surface area contributed by atoms with Crippen LogP contribution in [0.15, 0.2) is 24.3 Å². The number of rotatable bonds is 2. The number of nitrogens with one attached hydrogen (secondary N) is 1. The van der Waals surface area contributed by atoms with E-state index in [-0.39, 0.29) is 11.3 Å². The topological polar surface area (TPSA) is 32.3 Å². The fourth-order valence-electron chi connectivity index (χ4n) is 2.23. The summed E-state index contributed by atoms with van der Waals surface area (Å²) in [5.41, 5.74) is 0.739. The number of halogens is 1. The minimum absolute atomic E-state index is 0.201.